The summed E-state index contributed by atoms with van der Waals surface area (Å²) in [4.78, 5) is 23.7. The van der Waals surface area contributed by atoms with Crippen molar-refractivity contribution in [1.82, 2.24) is 5.32 Å². The van der Waals surface area contributed by atoms with Gasteiger partial charge < -0.3 is 10.4 Å². The van der Waals surface area contributed by atoms with Crippen molar-refractivity contribution in [3.8, 4) is 0 Å². The standard InChI is InChI=1S/C16H18BrNO3/c17-12-4-2-11(3-5-12)16(8-9-16)14(21)18-15(6-1-7-15)10-13(19)20/h2-5H,1,6-10H2,(H,18,21)(H,19,20). The Morgan fingerprint density at radius 1 is 1.14 bits per heavy atom. The topological polar surface area (TPSA) is 66.4 Å². The fraction of sp³-hybridized carbons (Fsp3) is 0.500. The number of carbonyl (C=O) groups excluding carboxylic acids is 1. The molecular formula is C16H18BrNO3. The van der Waals surface area contributed by atoms with Crippen LogP contribution in [0.5, 0.6) is 0 Å². The lowest BCUT2D eigenvalue weighted by molar-refractivity contribution is -0.140. The van der Waals surface area contributed by atoms with E-state index in [1.165, 1.54) is 0 Å². The quantitative estimate of drug-likeness (QED) is 0.856. The second-order valence-electron chi connectivity index (χ2n) is 6.25. The van der Waals surface area contributed by atoms with Crippen LogP contribution in [0.4, 0.5) is 0 Å². The second kappa shape index (κ2) is 5.13. The highest BCUT2D eigenvalue weighted by Crippen LogP contribution is 2.49. The van der Waals surface area contributed by atoms with Crippen LogP contribution in [-0.2, 0) is 15.0 Å². The summed E-state index contributed by atoms with van der Waals surface area (Å²) in [6.07, 6.45) is 4.21. The molecule has 2 fully saturated rings. The van der Waals surface area contributed by atoms with Gasteiger partial charge in [0.05, 0.1) is 17.4 Å². The summed E-state index contributed by atoms with van der Waals surface area (Å²) in [6, 6.07) is 7.83. The maximum absolute atomic E-state index is 12.7. The van der Waals surface area contributed by atoms with Crippen molar-refractivity contribution < 1.29 is 14.7 Å². The summed E-state index contributed by atoms with van der Waals surface area (Å²) in [5.74, 6) is -0.853. The first-order valence-corrected chi connectivity index (χ1v) is 8.06. The van der Waals surface area contributed by atoms with E-state index in [4.69, 9.17) is 5.11 Å². The molecule has 112 valence electrons. The summed E-state index contributed by atoms with van der Waals surface area (Å²) >= 11 is 3.40. The Morgan fingerprint density at radius 2 is 1.76 bits per heavy atom. The van der Waals surface area contributed by atoms with E-state index in [9.17, 15) is 9.59 Å². The minimum atomic E-state index is -0.844. The molecule has 0 radical (unpaired) electrons. The fourth-order valence-corrected chi connectivity index (χ4v) is 3.40. The van der Waals surface area contributed by atoms with E-state index in [2.05, 4.69) is 21.2 Å². The molecule has 5 heteroatoms. The van der Waals surface area contributed by atoms with Gasteiger partial charge in [-0.1, -0.05) is 28.1 Å². The first-order chi connectivity index (χ1) is 9.96. The number of carboxylic acids is 1. The highest BCUT2D eigenvalue weighted by molar-refractivity contribution is 9.10. The Bertz CT molecular complexity index is 574. The minimum Gasteiger partial charge on any atom is -0.481 e. The Morgan fingerprint density at radius 3 is 2.19 bits per heavy atom. The Balaban J connectivity index is 1.75. The molecule has 0 atom stereocenters. The van der Waals surface area contributed by atoms with Crippen molar-refractivity contribution in [3.05, 3.63) is 34.3 Å². The number of hydrogen-bond acceptors (Lipinski definition) is 2. The van der Waals surface area contributed by atoms with Crippen LogP contribution in [-0.4, -0.2) is 22.5 Å². The van der Waals surface area contributed by atoms with Gasteiger partial charge in [-0.2, -0.15) is 0 Å². The van der Waals surface area contributed by atoms with Crippen LogP contribution >= 0.6 is 15.9 Å². The van der Waals surface area contributed by atoms with E-state index < -0.39 is 16.9 Å². The number of halogens is 1. The van der Waals surface area contributed by atoms with E-state index >= 15 is 0 Å². The smallest absolute Gasteiger partial charge is 0.305 e. The van der Waals surface area contributed by atoms with Gasteiger partial charge in [0.25, 0.3) is 0 Å². The van der Waals surface area contributed by atoms with E-state index in [0.29, 0.717) is 0 Å². The zero-order valence-electron chi connectivity index (χ0n) is 11.7. The van der Waals surface area contributed by atoms with E-state index in [0.717, 1.165) is 42.1 Å². The van der Waals surface area contributed by atoms with Crippen LogP contribution in [0.2, 0.25) is 0 Å². The molecule has 0 aromatic heterocycles. The van der Waals surface area contributed by atoms with Crippen molar-refractivity contribution in [2.24, 2.45) is 0 Å². The lowest BCUT2D eigenvalue weighted by Gasteiger charge is -2.42. The predicted octanol–water partition coefficient (Wildman–Crippen LogP) is 2.99. The molecule has 1 aromatic rings. The molecule has 0 heterocycles. The lowest BCUT2D eigenvalue weighted by Crippen LogP contribution is -2.57. The zero-order chi connectivity index (χ0) is 15.1. The minimum absolute atomic E-state index is 0.00854. The van der Waals surface area contributed by atoms with E-state index in [1.54, 1.807) is 0 Å². The molecule has 0 saturated heterocycles. The number of carboxylic acid groups (broad SMARTS) is 1. The normalized spacial score (nSPS) is 21.2. The third kappa shape index (κ3) is 2.71. The molecular weight excluding hydrogens is 334 g/mol. The monoisotopic (exact) mass is 351 g/mol. The number of rotatable bonds is 5. The predicted molar refractivity (Wildman–Crippen MR) is 82.0 cm³/mol. The van der Waals surface area contributed by atoms with Crippen LogP contribution in [0, 0.1) is 0 Å². The Hall–Kier alpha value is -1.36. The summed E-state index contributed by atoms with van der Waals surface area (Å²) in [5, 5.41) is 12.1. The molecule has 3 rings (SSSR count). The van der Waals surface area contributed by atoms with Crippen molar-refractivity contribution in [2.75, 3.05) is 0 Å². The van der Waals surface area contributed by atoms with Crippen molar-refractivity contribution >= 4 is 27.8 Å². The van der Waals surface area contributed by atoms with Gasteiger partial charge in [0.15, 0.2) is 0 Å². The molecule has 21 heavy (non-hydrogen) atoms. The molecule has 2 aliphatic carbocycles. The molecule has 2 saturated carbocycles. The molecule has 1 aromatic carbocycles. The average molecular weight is 352 g/mol. The average Bonchev–Trinajstić information content (AvgIpc) is 3.18. The number of amides is 1. The zero-order valence-corrected chi connectivity index (χ0v) is 13.3. The molecule has 0 bridgehead atoms. The van der Waals surface area contributed by atoms with Crippen LogP contribution < -0.4 is 5.32 Å². The largest absolute Gasteiger partial charge is 0.481 e. The molecule has 2 N–H and O–H groups in total. The summed E-state index contributed by atoms with van der Waals surface area (Å²) in [6.45, 7) is 0. The van der Waals surface area contributed by atoms with Crippen LogP contribution in [0.3, 0.4) is 0 Å². The molecule has 1 amide bonds. The van der Waals surface area contributed by atoms with Crippen molar-refractivity contribution in [1.29, 1.82) is 0 Å². The number of benzene rings is 1. The molecule has 2 aliphatic rings. The second-order valence-corrected chi connectivity index (χ2v) is 7.16. The highest BCUT2D eigenvalue weighted by atomic mass is 79.9. The molecule has 4 nitrogen and oxygen atoms in total. The van der Waals surface area contributed by atoms with Crippen molar-refractivity contribution in [3.63, 3.8) is 0 Å². The molecule has 0 aliphatic heterocycles. The van der Waals surface area contributed by atoms with Gasteiger partial charge in [-0.05, 0) is 49.8 Å². The summed E-state index contributed by atoms with van der Waals surface area (Å²) < 4.78 is 0.990. The fourth-order valence-electron chi connectivity index (χ4n) is 3.14. The van der Waals surface area contributed by atoms with Gasteiger partial charge in [0, 0.05) is 4.47 Å². The van der Waals surface area contributed by atoms with Gasteiger partial charge >= 0.3 is 5.97 Å². The number of nitrogens with one attached hydrogen (secondary N) is 1. The Kier molecular flexibility index (Phi) is 3.56. The van der Waals surface area contributed by atoms with Gasteiger partial charge in [0.1, 0.15) is 0 Å². The summed E-state index contributed by atoms with van der Waals surface area (Å²) in [7, 11) is 0. The van der Waals surface area contributed by atoms with E-state index in [-0.39, 0.29) is 12.3 Å². The van der Waals surface area contributed by atoms with Gasteiger partial charge in [-0.3, -0.25) is 9.59 Å². The maximum atomic E-state index is 12.7. The highest BCUT2D eigenvalue weighted by Gasteiger charge is 2.54. The summed E-state index contributed by atoms with van der Waals surface area (Å²) in [5.41, 5.74) is 0.0587. The van der Waals surface area contributed by atoms with Gasteiger partial charge in [-0.15, -0.1) is 0 Å². The van der Waals surface area contributed by atoms with Crippen molar-refractivity contribution in [2.45, 2.75) is 49.5 Å². The van der Waals surface area contributed by atoms with Crippen LogP contribution in [0.25, 0.3) is 0 Å². The van der Waals surface area contributed by atoms with Gasteiger partial charge in [0.2, 0.25) is 5.91 Å². The number of aliphatic carboxylic acids is 1. The van der Waals surface area contributed by atoms with Crippen LogP contribution in [0.1, 0.15) is 44.1 Å². The third-order valence-electron chi connectivity index (χ3n) is 4.76. The maximum Gasteiger partial charge on any atom is 0.305 e. The van der Waals surface area contributed by atoms with E-state index in [1.807, 2.05) is 24.3 Å². The number of carbonyl (C=O) groups is 2. The number of hydrogen-bond donors (Lipinski definition) is 2. The van der Waals surface area contributed by atoms with Crippen LogP contribution in [0.15, 0.2) is 28.7 Å². The molecule has 0 spiro atoms. The SMILES string of the molecule is O=C(O)CC1(NC(=O)C2(c3ccc(Br)cc3)CC2)CCC1. The first kappa shape index (κ1) is 14.6. The Labute approximate surface area is 132 Å². The van der Waals surface area contributed by atoms with Gasteiger partial charge in [-0.25, -0.2) is 0 Å². The first-order valence-electron chi connectivity index (χ1n) is 7.26. The third-order valence-corrected chi connectivity index (χ3v) is 5.29. The molecule has 0 unspecified atom stereocenters. The lowest BCUT2D eigenvalue weighted by atomic mass is 9.73.